The van der Waals surface area contributed by atoms with E-state index in [4.69, 9.17) is 0 Å². The van der Waals surface area contributed by atoms with Gasteiger partial charge in [-0.25, -0.2) is 0 Å². The lowest BCUT2D eigenvalue weighted by atomic mass is 9.73. The molecule has 2 heteroatoms. The van der Waals surface area contributed by atoms with Gasteiger partial charge in [0.25, 0.3) is 0 Å². The smallest absolute Gasteiger partial charge is 0.0366 e. The summed E-state index contributed by atoms with van der Waals surface area (Å²) < 4.78 is 0. The molecule has 1 aliphatic rings. The molecule has 0 heterocycles. The molecule has 0 radical (unpaired) electrons. The summed E-state index contributed by atoms with van der Waals surface area (Å²) in [6, 6.07) is 9.73. The second-order valence-electron chi connectivity index (χ2n) is 7.01. The first-order chi connectivity index (χ1) is 10.1. The molecule has 1 unspecified atom stereocenters. The van der Waals surface area contributed by atoms with Crippen LogP contribution in [0.1, 0.15) is 58.9 Å². The average molecular weight is 288 g/mol. The van der Waals surface area contributed by atoms with Gasteiger partial charge in [0.2, 0.25) is 0 Å². The number of nitrogens with one attached hydrogen (secondary N) is 1. The minimum Gasteiger partial charge on any atom is -0.372 e. The minimum atomic E-state index is 0.444. The molecule has 0 aromatic heterocycles. The van der Waals surface area contributed by atoms with Crippen molar-refractivity contribution in [1.29, 1.82) is 0 Å². The fourth-order valence-corrected chi connectivity index (χ4v) is 3.53. The monoisotopic (exact) mass is 288 g/mol. The third kappa shape index (κ3) is 4.23. The highest BCUT2D eigenvalue weighted by Crippen LogP contribution is 2.35. The van der Waals surface area contributed by atoms with Gasteiger partial charge in [-0.05, 0) is 49.8 Å². The quantitative estimate of drug-likeness (QED) is 0.823. The summed E-state index contributed by atoms with van der Waals surface area (Å²) in [5.74, 6) is 0. The molecule has 1 fully saturated rings. The molecule has 1 saturated carbocycles. The molecule has 21 heavy (non-hydrogen) atoms. The van der Waals surface area contributed by atoms with Crippen LogP contribution in [0.2, 0.25) is 0 Å². The van der Waals surface area contributed by atoms with Crippen LogP contribution >= 0.6 is 0 Å². The van der Waals surface area contributed by atoms with Gasteiger partial charge in [0.05, 0.1) is 0 Å². The largest absolute Gasteiger partial charge is 0.372 e. The van der Waals surface area contributed by atoms with Gasteiger partial charge in [0.1, 0.15) is 0 Å². The fraction of sp³-hybridized carbons (Fsp3) is 0.684. The lowest BCUT2D eigenvalue weighted by molar-refractivity contribution is 0.167. The van der Waals surface area contributed by atoms with Crippen LogP contribution in [-0.4, -0.2) is 19.1 Å². The van der Waals surface area contributed by atoms with Crippen LogP contribution in [-0.2, 0) is 6.54 Å². The van der Waals surface area contributed by atoms with Crippen molar-refractivity contribution in [3.8, 4) is 0 Å². The van der Waals surface area contributed by atoms with Crippen molar-refractivity contribution in [2.24, 2.45) is 5.41 Å². The highest BCUT2D eigenvalue weighted by molar-refractivity contribution is 5.47. The van der Waals surface area contributed by atoms with Crippen LogP contribution in [0.15, 0.2) is 24.3 Å². The maximum atomic E-state index is 3.79. The van der Waals surface area contributed by atoms with Crippen molar-refractivity contribution in [2.75, 3.05) is 18.0 Å². The second-order valence-corrected chi connectivity index (χ2v) is 7.01. The average Bonchev–Trinajstić information content (AvgIpc) is 2.48. The zero-order valence-corrected chi connectivity index (χ0v) is 14.3. The van der Waals surface area contributed by atoms with E-state index in [0.29, 0.717) is 11.5 Å². The van der Waals surface area contributed by atoms with Gasteiger partial charge < -0.3 is 10.2 Å². The van der Waals surface area contributed by atoms with Gasteiger partial charge in [0, 0.05) is 31.4 Å². The molecule has 2 nitrogen and oxygen atoms in total. The van der Waals surface area contributed by atoms with Crippen LogP contribution in [0.5, 0.6) is 0 Å². The SMILES string of the molecule is CCN(CC)c1ccc(CNC2CCCCC2(C)C)cc1. The molecular formula is C19H32N2. The molecule has 0 aliphatic heterocycles. The predicted molar refractivity (Wildman–Crippen MR) is 92.9 cm³/mol. The van der Waals surface area contributed by atoms with E-state index < -0.39 is 0 Å². The molecule has 0 saturated heterocycles. The van der Waals surface area contributed by atoms with E-state index >= 15 is 0 Å². The zero-order valence-electron chi connectivity index (χ0n) is 14.3. The molecule has 0 amide bonds. The normalized spacial score (nSPS) is 21.2. The van der Waals surface area contributed by atoms with Crippen molar-refractivity contribution in [1.82, 2.24) is 5.32 Å². The summed E-state index contributed by atoms with van der Waals surface area (Å²) in [4.78, 5) is 2.39. The van der Waals surface area contributed by atoms with Crippen molar-refractivity contribution in [2.45, 2.75) is 66.0 Å². The van der Waals surface area contributed by atoms with Crippen LogP contribution in [0, 0.1) is 5.41 Å². The number of hydrogen-bond donors (Lipinski definition) is 1. The highest BCUT2D eigenvalue weighted by Gasteiger charge is 2.31. The number of benzene rings is 1. The molecule has 118 valence electrons. The summed E-state index contributed by atoms with van der Waals surface area (Å²) in [6.45, 7) is 12.4. The third-order valence-corrected chi connectivity index (χ3v) is 5.12. The van der Waals surface area contributed by atoms with Crippen molar-refractivity contribution >= 4 is 5.69 Å². The van der Waals surface area contributed by atoms with Crippen molar-refractivity contribution in [3.63, 3.8) is 0 Å². The molecule has 2 rings (SSSR count). The number of hydrogen-bond acceptors (Lipinski definition) is 2. The predicted octanol–water partition coefficient (Wildman–Crippen LogP) is 4.59. The Hall–Kier alpha value is -1.02. The number of nitrogens with zero attached hydrogens (tertiary/aromatic N) is 1. The van der Waals surface area contributed by atoms with E-state index in [9.17, 15) is 0 Å². The molecule has 1 aliphatic carbocycles. The van der Waals surface area contributed by atoms with E-state index in [1.165, 1.54) is 36.9 Å². The van der Waals surface area contributed by atoms with Crippen LogP contribution in [0.4, 0.5) is 5.69 Å². The Bertz CT molecular complexity index is 418. The Kier molecular flexibility index (Phi) is 5.69. The first-order valence-electron chi connectivity index (χ1n) is 8.64. The van der Waals surface area contributed by atoms with Gasteiger partial charge >= 0.3 is 0 Å². The van der Waals surface area contributed by atoms with Crippen LogP contribution in [0.25, 0.3) is 0 Å². The van der Waals surface area contributed by atoms with Gasteiger partial charge in [-0.1, -0.05) is 38.8 Å². The topological polar surface area (TPSA) is 15.3 Å². The summed E-state index contributed by atoms with van der Waals surface area (Å²) in [7, 11) is 0. The molecule has 0 bridgehead atoms. The Balaban J connectivity index is 1.91. The van der Waals surface area contributed by atoms with E-state index in [1.807, 2.05) is 0 Å². The van der Waals surface area contributed by atoms with Crippen molar-refractivity contribution < 1.29 is 0 Å². The van der Waals surface area contributed by atoms with Crippen LogP contribution in [0.3, 0.4) is 0 Å². The van der Waals surface area contributed by atoms with Gasteiger partial charge in [-0.2, -0.15) is 0 Å². The summed E-state index contributed by atoms with van der Waals surface area (Å²) in [5.41, 5.74) is 3.17. The zero-order chi connectivity index (χ0) is 15.3. The lowest BCUT2D eigenvalue weighted by Crippen LogP contribution is -2.43. The summed E-state index contributed by atoms with van der Waals surface area (Å²) >= 11 is 0. The van der Waals surface area contributed by atoms with Gasteiger partial charge in [-0.3, -0.25) is 0 Å². The third-order valence-electron chi connectivity index (χ3n) is 5.12. The molecule has 0 spiro atoms. The van der Waals surface area contributed by atoms with Crippen molar-refractivity contribution in [3.05, 3.63) is 29.8 Å². The maximum absolute atomic E-state index is 3.79. The van der Waals surface area contributed by atoms with E-state index in [2.05, 4.69) is 62.2 Å². The standard InChI is InChI=1S/C19H32N2/c1-5-21(6-2)17-12-10-16(11-13-17)15-20-18-9-7-8-14-19(18,3)4/h10-13,18,20H,5-9,14-15H2,1-4H3. The van der Waals surface area contributed by atoms with E-state index in [-0.39, 0.29) is 0 Å². The minimum absolute atomic E-state index is 0.444. The first kappa shape index (κ1) is 16.4. The number of anilines is 1. The Morgan fingerprint density at radius 3 is 2.33 bits per heavy atom. The van der Waals surface area contributed by atoms with Gasteiger partial charge in [0.15, 0.2) is 0 Å². The molecular weight excluding hydrogens is 256 g/mol. The highest BCUT2D eigenvalue weighted by atomic mass is 15.1. The fourth-order valence-electron chi connectivity index (χ4n) is 3.53. The first-order valence-corrected chi connectivity index (χ1v) is 8.64. The Morgan fingerprint density at radius 2 is 1.76 bits per heavy atom. The lowest BCUT2D eigenvalue weighted by Gasteiger charge is -2.39. The molecule has 1 aromatic rings. The maximum Gasteiger partial charge on any atom is 0.0366 e. The molecule has 1 atom stereocenters. The van der Waals surface area contributed by atoms with E-state index in [0.717, 1.165) is 19.6 Å². The van der Waals surface area contributed by atoms with Crippen LogP contribution < -0.4 is 10.2 Å². The Morgan fingerprint density at radius 1 is 1.10 bits per heavy atom. The van der Waals surface area contributed by atoms with Gasteiger partial charge in [-0.15, -0.1) is 0 Å². The summed E-state index contributed by atoms with van der Waals surface area (Å²) in [6.07, 6.45) is 5.45. The second kappa shape index (κ2) is 7.31. The summed E-state index contributed by atoms with van der Waals surface area (Å²) in [5, 5.41) is 3.79. The molecule has 1 N–H and O–H groups in total. The molecule has 1 aromatic carbocycles. The Labute approximate surface area is 130 Å². The van der Waals surface area contributed by atoms with E-state index in [1.54, 1.807) is 0 Å². The number of rotatable bonds is 6.